The molecule has 2 heteroatoms. The first-order valence-electron chi connectivity index (χ1n) is 4.66. The number of nitrogens with one attached hydrogen (secondary N) is 1. The lowest BCUT2D eigenvalue weighted by Gasteiger charge is -2.18. The SMILES string of the molecule is C#CC(C)NCCN(CC)CC. The Morgan fingerprint density at radius 3 is 2.42 bits per heavy atom. The molecule has 0 aliphatic rings. The maximum Gasteiger partial charge on any atom is 0.0658 e. The monoisotopic (exact) mass is 168 g/mol. The summed E-state index contributed by atoms with van der Waals surface area (Å²) in [7, 11) is 0. The van der Waals surface area contributed by atoms with Gasteiger partial charge in [0, 0.05) is 13.1 Å². The molecule has 2 nitrogen and oxygen atoms in total. The summed E-state index contributed by atoms with van der Waals surface area (Å²) in [5, 5.41) is 3.25. The Bertz CT molecular complexity index is 133. The third-order valence-electron chi connectivity index (χ3n) is 2.02. The van der Waals surface area contributed by atoms with Crippen LogP contribution < -0.4 is 5.32 Å². The topological polar surface area (TPSA) is 15.3 Å². The lowest BCUT2D eigenvalue weighted by Crippen LogP contribution is -2.35. The maximum absolute atomic E-state index is 5.23. The van der Waals surface area contributed by atoms with Crippen molar-refractivity contribution in [1.29, 1.82) is 0 Å². The Labute approximate surface area is 76.3 Å². The van der Waals surface area contributed by atoms with Crippen molar-refractivity contribution in [2.24, 2.45) is 0 Å². The molecule has 0 rings (SSSR count). The summed E-state index contributed by atoms with van der Waals surface area (Å²) in [5.41, 5.74) is 0. The van der Waals surface area contributed by atoms with Gasteiger partial charge in [-0.1, -0.05) is 19.8 Å². The van der Waals surface area contributed by atoms with Crippen molar-refractivity contribution in [1.82, 2.24) is 10.2 Å². The van der Waals surface area contributed by atoms with E-state index in [0.717, 1.165) is 26.2 Å². The molecule has 0 spiro atoms. The Morgan fingerprint density at radius 2 is 2.00 bits per heavy atom. The van der Waals surface area contributed by atoms with Gasteiger partial charge in [-0.2, -0.15) is 0 Å². The third-order valence-corrected chi connectivity index (χ3v) is 2.02. The van der Waals surface area contributed by atoms with Crippen LogP contribution in [0, 0.1) is 12.3 Å². The van der Waals surface area contributed by atoms with Crippen LogP contribution in [0.4, 0.5) is 0 Å². The van der Waals surface area contributed by atoms with Gasteiger partial charge in [-0.15, -0.1) is 6.42 Å². The lowest BCUT2D eigenvalue weighted by atomic mass is 10.3. The Kier molecular flexibility index (Phi) is 6.84. The molecule has 1 N–H and O–H groups in total. The minimum Gasteiger partial charge on any atom is -0.303 e. The summed E-state index contributed by atoms with van der Waals surface area (Å²) in [6.45, 7) is 10.6. The van der Waals surface area contributed by atoms with Crippen LogP contribution >= 0.6 is 0 Å². The second kappa shape index (κ2) is 7.15. The van der Waals surface area contributed by atoms with Crippen LogP contribution in [0.25, 0.3) is 0 Å². The van der Waals surface area contributed by atoms with Gasteiger partial charge in [0.15, 0.2) is 0 Å². The van der Waals surface area contributed by atoms with Gasteiger partial charge < -0.3 is 10.2 Å². The molecule has 0 radical (unpaired) electrons. The zero-order chi connectivity index (χ0) is 9.40. The first-order valence-corrected chi connectivity index (χ1v) is 4.66. The van der Waals surface area contributed by atoms with Crippen molar-refractivity contribution in [3.05, 3.63) is 0 Å². The van der Waals surface area contributed by atoms with Gasteiger partial charge in [0.2, 0.25) is 0 Å². The minimum absolute atomic E-state index is 0.195. The molecule has 0 fully saturated rings. The molecular formula is C10H20N2. The zero-order valence-corrected chi connectivity index (χ0v) is 8.43. The highest BCUT2D eigenvalue weighted by Gasteiger charge is 1.99. The fraction of sp³-hybridized carbons (Fsp3) is 0.800. The van der Waals surface area contributed by atoms with Crippen LogP contribution in [0.2, 0.25) is 0 Å². The van der Waals surface area contributed by atoms with E-state index in [1.165, 1.54) is 0 Å². The molecule has 0 aromatic heterocycles. The normalized spacial score (nSPS) is 12.9. The molecule has 0 aromatic carbocycles. The van der Waals surface area contributed by atoms with E-state index < -0.39 is 0 Å². The first-order chi connectivity index (χ1) is 5.74. The predicted octanol–water partition coefficient (Wildman–Crippen LogP) is 0.940. The van der Waals surface area contributed by atoms with E-state index in [4.69, 9.17) is 6.42 Å². The highest BCUT2D eigenvalue weighted by atomic mass is 15.1. The first kappa shape index (κ1) is 11.5. The van der Waals surface area contributed by atoms with Crippen molar-refractivity contribution >= 4 is 0 Å². The number of hydrogen-bond acceptors (Lipinski definition) is 2. The molecule has 70 valence electrons. The average molecular weight is 168 g/mol. The number of likely N-dealkylation sites (N-methyl/N-ethyl adjacent to an activating group) is 1. The highest BCUT2D eigenvalue weighted by Crippen LogP contribution is 1.85. The van der Waals surface area contributed by atoms with Gasteiger partial charge in [0.05, 0.1) is 6.04 Å². The van der Waals surface area contributed by atoms with Crippen molar-refractivity contribution in [2.45, 2.75) is 26.8 Å². The maximum atomic E-state index is 5.23. The fourth-order valence-electron chi connectivity index (χ4n) is 1.04. The van der Waals surface area contributed by atoms with Crippen LogP contribution in [0.1, 0.15) is 20.8 Å². The van der Waals surface area contributed by atoms with Gasteiger partial charge in [0.1, 0.15) is 0 Å². The van der Waals surface area contributed by atoms with E-state index in [9.17, 15) is 0 Å². The fourth-order valence-corrected chi connectivity index (χ4v) is 1.04. The second-order valence-corrected chi connectivity index (χ2v) is 2.87. The number of hydrogen-bond donors (Lipinski definition) is 1. The van der Waals surface area contributed by atoms with Crippen molar-refractivity contribution < 1.29 is 0 Å². The summed E-state index contributed by atoms with van der Waals surface area (Å²) in [6.07, 6.45) is 5.23. The summed E-state index contributed by atoms with van der Waals surface area (Å²) < 4.78 is 0. The van der Waals surface area contributed by atoms with Crippen molar-refractivity contribution in [3.8, 4) is 12.3 Å². The van der Waals surface area contributed by atoms with E-state index >= 15 is 0 Å². The van der Waals surface area contributed by atoms with Crippen molar-refractivity contribution in [2.75, 3.05) is 26.2 Å². The molecular weight excluding hydrogens is 148 g/mol. The molecule has 0 saturated carbocycles. The number of terminal acetylenes is 1. The summed E-state index contributed by atoms with van der Waals surface area (Å²) in [6, 6.07) is 0.195. The minimum atomic E-state index is 0.195. The molecule has 0 aromatic rings. The van der Waals surface area contributed by atoms with E-state index in [1.54, 1.807) is 0 Å². The summed E-state index contributed by atoms with van der Waals surface area (Å²) >= 11 is 0. The van der Waals surface area contributed by atoms with Gasteiger partial charge >= 0.3 is 0 Å². The van der Waals surface area contributed by atoms with Crippen LogP contribution in [0.3, 0.4) is 0 Å². The number of nitrogens with zero attached hydrogens (tertiary/aromatic N) is 1. The number of rotatable bonds is 6. The Balaban J connectivity index is 3.36. The van der Waals surface area contributed by atoms with Crippen LogP contribution in [-0.2, 0) is 0 Å². The van der Waals surface area contributed by atoms with Crippen LogP contribution in [0.15, 0.2) is 0 Å². The smallest absolute Gasteiger partial charge is 0.0658 e. The van der Waals surface area contributed by atoms with Gasteiger partial charge in [-0.05, 0) is 20.0 Å². The van der Waals surface area contributed by atoms with Crippen molar-refractivity contribution in [3.63, 3.8) is 0 Å². The highest BCUT2D eigenvalue weighted by molar-refractivity contribution is 4.95. The quantitative estimate of drug-likeness (QED) is 0.594. The molecule has 1 atom stereocenters. The molecule has 0 aliphatic heterocycles. The molecule has 12 heavy (non-hydrogen) atoms. The molecule has 0 amide bonds. The second-order valence-electron chi connectivity index (χ2n) is 2.87. The van der Waals surface area contributed by atoms with Gasteiger partial charge in [0.25, 0.3) is 0 Å². The average Bonchev–Trinajstić information content (AvgIpc) is 2.12. The molecule has 0 heterocycles. The van der Waals surface area contributed by atoms with Gasteiger partial charge in [-0.3, -0.25) is 0 Å². The Hall–Kier alpha value is -0.520. The third kappa shape index (κ3) is 5.17. The Morgan fingerprint density at radius 1 is 1.42 bits per heavy atom. The largest absolute Gasteiger partial charge is 0.303 e. The molecule has 0 bridgehead atoms. The predicted molar refractivity (Wildman–Crippen MR) is 54.1 cm³/mol. The molecule has 0 aliphatic carbocycles. The van der Waals surface area contributed by atoms with E-state index in [0.29, 0.717) is 0 Å². The standard InChI is InChI=1S/C10H20N2/c1-5-10(4)11-8-9-12(6-2)7-3/h1,10-11H,6-9H2,2-4H3. The van der Waals surface area contributed by atoms with Crippen LogP contribution in [-0.4, -0.2) is 37.1 Å². The van der Waals surface area contributed by atoms with E-state index in [1.807, 2.05) is 6.92 Å². The lowest BCUT2D eigenvalue weighted by molar-refractivity contribution is 0.301. The molecule has 1 unspecified atom stereocenters. The molecule has 0 saturated heterocycles. The van der Waals surface area contributed by atoms with Crippen LogP contribution in [0.5, 0.6) is 0 Å². The zero-order valence-electron chi connectivity index (χ0n) is 8.43. The van der Waals surface area contributed by atoms with E-state index in [2.05, 4.69) is 30.0 Å². The van der Waals surface area contributed by atoms with E-state index in [-0.39, 0.29) is 6.04 Å². The van der Waals surface area contributed by atoms with Gasteiger partial charge in [-0.25, -0.2) is 0 Å². The summed E-state index contributed by atoms with van der Waals surface area (Å²) in [5.74, 6) is 2.65. The summed E-state index contributed by atoms with van der Waals surface area (Å²) in [4.78, 5) is 2.37.